The number of imidazole rings is 1. The van der Waals surface area contributed by atoms with Gasteiger partial charge in [0, 0.05) is 37.7 Å². The molecule has 3 aromatic heterocycles. The SMILES string of the molecule is Cc1cc(C2=CC(F)CC(CNC(=O)c3nccc4nc(C5CCCC5)n(C)c34)=C2)cnn1. The molecule has 7 nitrogen and oxygen atoms in total. The predicted molar refractivity (Wildman–Crippen MR) is 124 cm³/mol. The number of hydrogen-bond donors (Lipinski definition) is 1. The van der Waals surface area contributed by atoms with Crippen molar-refractivity contribution in [2.24, 2.45) is 7.05 Å². The Bertz CT molecular complexity index is 1270. The number of pyridine rings is 1. The smallest absolute Gasteiger partial charge is 0.272 e. The van der Waals surface area contributed by atoms with E-state index in [2.05, 4.69) is 20.5 Å². The summed E-state index contributed by atoms with van der Waals surface area (Å²) in [7, 11) is 1.96. The maximum absolute atomic E-state index is 14.4. The third-order valence-corrected chi connectivity index (χ3v) is 6.52. The first-order valence-electron chi connectivity index (χ1n) is 11.4. The van der Waals surface area contributed by atoms with Gasteiger partial charge in [-0.3, -0.25) is 4.79 Å². The van der Waals surface area contributed by atoms with Gasteiger partial charge in [-0.05, 0) is 49.1 Å². The summed E-state index contributed by atoms with van der Waals surface area (Å²) in [6.45, 7) is 2.10. The number of aryl methyl sites for hydroxylation is 2. The first-order chi connectivity index (χ1) is 16.0. The second kappa shape index (κ2) is 8.84. The zero-order valence-electron chi connectivity index (χ0n) is 18.9. The van der Waals surface area contributed by atoms with Gasteiger partial charge in [-0.1, -0.05) is 18.9 Å². The first kappa shape index (κ1) is 21.4. The Morgan fingerprint density at radius 2 is 2.12 bits per heavy atom. The van der Waals surface area contributed by atoms with Crippen LogP contribution >= 0.6 is 0 Å². The van der Waals surface area contributed by atoms with Crippen LogP contribution in [-0.2, 0) is 7.05 Å². The summed E-state index contributed by atoms with van der Waals surface area (Å²) in [4.78, 5) is 22.3. The molecule has 5 rings (SSSR count). The molecule has 0 saturated heterocycles. The number of carbonyl (C=O) groups is 1. The minimum atomic E-state index is -1.11. The number of allylic oxidation sites excluding steroid dienone is 3. The summed E-state index contributed by atoms with van der Waals surface area (Å²) in [5.41, 5.74) is 5.03. The number of nitrogens with one attached hydrogen (secondary N) is 1. The van der Waals surface area contributed by atoms with Crippen LogP contribution in [-0.4, -0.2) is 43.4 Å². The quantitative estimate of drug-likeness (QED) is 0.635. The molecule has 0 spiro atoms. The summed E-state index contributed by atoms with van der Waals surface area (Å²) in [5, 5.41) is 10.9. The minimum absolute atomic E-state index is 0.246. The lowest BCUT2D eigenvalue weighted by atomic mass is 9.94. The molecular formula is C25H27FN6O. The molecule has 3 heterocycles. The molecule has 1 fully saturated rings. The lowest BCUT2D eigenvalue weighted by Gasteiger charge is -2.18. The third kappa shape index (κ3) is 4.29. The van der Waals surface area contributed by atoms with Crippen LogP contribution in [0.15, 0.2) is 42.3 Å². The van der Waals surface area contributed by atoms with Crippen LogP contribution in [0.5, 0.6) is 0 Å². The van der Waals surface area contributed by atoms with Crippen LogP contribution in [0.25, 0.3) is 16.6 Å². The van der Waals surface area contributed by atoms with Crippen molar-refractivity contribution in [1.29, 1.82) is 0 Å². The number of nitrogens with zero attached hydrogens (tertiary/aromatic N) is 5. The van der Waals surface area contributed by atoms with Crippen molar-refractivity contribution in [2.45, 2.75) is 51.1 Å². The highest BCUT2D eigenvalue weighted by atomic mass is 19.1. The van der Waals surface area contributed by atoms with E-state index in [0.29, 0.717) is 11.6 Å². The van der Waals surface area contributed by atoms with Crippen LogP contribution in [0.4, 0.5) is 4.39 Å². The largest absolute Gasteiger partial charge is 0.347 e. The number of fused-ring (bicyclic) bond motifs is 1. The second-order valence-electron chi connectivity index (χ2n) is 8.95. The van der Waals surface area contributed by atoms with Gasteiger partial charge >= 0.3 is 0 Å². The number of rotatable bonds is 5. The Hall–Kier alpha value is -3.42. The normalized spacial score (nSPS) is 18.9. The number of amides is 1. The Morgan fingerprint density at radius 1 is 1.30 bits per heavy atom. The molecule has 1 atom stereocenters. The van der Waals surface area contributed by atoms with E-state index < -0.39 is 6.17 Å². The molecule has 3 aromatic rings. The molecule has 0 aliphatic heterocycles. The molecular weight excluding hydrogens is 419 g/mol. The monoisotopic (exact) mass is 446 g/mol. The molecule has 0 bridgehead atoms. The molecule has 33 heavy (non-hydrogen) atoms. The molecule has 1 amide bonds. The molecule has 8 heteroatoms. The van der Waals surface area contributed by atoms with Gasteiger partial charge in [-0.15, -0.1) is 0 Å². The summed E-state index contributed by atoms with van der Waals surface area (Å²) in [6, 6.07) is 3.72. The van der Waals surface area contributed by atoms with Crippen molar-refractivity contribution in [3.63, 3.8) is 0 Å². The number of carbonyl (C=O) groups excluding carboxylic acids is 1. The topological polar surface area (TPSA) is 85.6 Å². The molecule has 170 valence electrons. The summed E-state index contributed by atoms with van der Waals surface area (Å²) in [6.07, 6.45) is 10.6. The maximum atomic E-state index is 14.4. The van der Waals surface area contributed by atoms with E-state index in [1.54, 1.807) is 18.5 Å². The summed E-state index contributed by atoms with van der Waals surface area (Å²) < 4.78 is 16.5. The van der Waals surface area contributed by atoms with Crippen molar-refractivity contribution >= 4 is 22.5 Å². The van der Waals surface area contributed by atoms with Crippen LogP contribution in [0, 0.1) is 6.92 Å². The first-order valence-corrected chi connectivity index (χ1v) is 11.4. The van der Waals surface area contributed by atoms with E-state index >= 15 is 0 Å². The van der Waals surface area contributed by atoms with Gasteiger partial charge < -0.3 is 9.88 Å². The lowest BCUT2D eigenvalue weighted by molar-refractivity contribution is 0.0953. The molecule has 0 aromatic carbocycles. The Morgan fingerprint density at radius 3 is 2.91 bits per heavy atom. The van der Waals surface area contributed by atoms with Crippen molar-refractivity contribution in [3.05, 3.63) is 65.0 Å². The van der Waals surface area contributed by atoms with Crippen molar-refractivity contribution in [2.75, 3.05) is 6.54 Å². The molecule has 1 saturated carbocycles. The number of halogens is 1. The average molecular weight is 447 g/mol. The summed E-state index contributed by atoms with van der Waals surface area (Å²) >= 11 is 0. The number of alkyl halides is 1. The van der Waals surface area contributed by atoms with Crippen LogP contribution < -0.4 is 5.32 Å². The van der Waals surface area contributed by atoms with Gasteiger partial charge in [-0.2, -0.15) is 10.2 Å². The number of aromatic nitrogens is 5. The molecule has 2 aliphatic carbocycles. The van der Waals surface area contributed by atoms with Crippen molar-refractivity contribution in [3.8, 4) is 0 Å². The van der Waals surface area contributed by atoms with Gasteiger partial charge in [0.25, 0.3) is 5.91 Å². The van der Waals surface area contributed by atoms with E-state index in [1.165, 1.54) is 12.8 Å². The standard InChI is InChI=1S/C25H27FN6O/c1-15-9-19(14-29-31-15)18-10-16(11-20(26)12-18)13-28-25(33)22-23-21(7-8-27-22)30-24(32(23)2)17-5-3-4-6-17/h7-10,12,14,17,20H,3-6,11,13H2,1-2H3,(H,28,33). The van der Waals surface area contributed by atoms with E-state index in [1.807, 2.05) is 36.7 Å². The Kier molecular flexibility index (Phi) is 5.74. The Balaban J connectivity index is 1.36. The van der Waals surface area contributed by atoms with E-state index in [0.717, 1.165) is 52.1 Å². The average Bonchev–Trinajstić information content (AvgIpc) is 3.45. The van der Waals surface area contributed by atoms with Gasteiger partial charge in [0.05, 0.1) is 22.9 Å². The van der Waals surface area contributed by atoms with Gasteiger partial charge in [0.1, 0.15) is 12.0 Å². The number of hydrogen-bond acceptors (Lipinski definition) is 5. The van der Waals surface area contributed by atoms with E-state index in [9.17, 15) is 9.18 Å². The fourth-order valence-electron chi connectivity index (χ4n) is 4.94. The highest BCUT2D eigenvalue weighted by Gasteiger charge is 2.25. The van der Waals surface area contributed by atoms with Crippen LogP contribution in [0.2, 0.25) is 0 Å². The second-order valence-corrected chi connectivity index (χ2v) is 8.95. The Labute approximate surface area is 191 Å². The van der Waals surface area contributed by atoms with Crippen LogP contribution in [0.3, 0.4) is 0 Å². The lowest BCUT2D eigenvalue weighted by Crippen LogP contribution is -2.28. The summed E-state index contributed by atoms with van der Waals surface area (Å²) in [5.74, 6) is 1.18. The zero-order chi connectivity index (χ0) is 22.9. The van der Waals surface area contributed by atoms with E-state index in [4.69, 9.17) is 4.98 Å². The van der Waals surface area contributed by atoms with Crippen molar-refractivity contribution in [1.82, 2.24) is 30.0 Å². The molecule has 1 N–H and O–H groups in total. The zero-order valence-corrected chi connectivity index (χ0v) is 18.9. The van der Waals surface area contributed by atoms with Gasteiger partial charge in [0.15, 0.2) is 5.69 Å². The highest BCUT2D eigenvalue weighted by Crippen LogP contribution is 2.35. The molecule has 2 aliphatic rings. The fourth-order valence-corrected chi connectivity index (χ4v) is 4.94. The van der Waals surface area contributed by atoms with Crippen molar-refractivity contribution < 1.29 is 9.18 Å². The van der Waals surface area contributed by atoms with Gasteiger partial charge in [-0.25, -0.2) is 14.4 Å². The molecule has 1 unspecified atom stereocenters. The predicted octanol–water partition coefficient (Wildman–Crippen LogP) is 4.21. The maximum Gasteiger partial charge on any atom is 0.272 e. The third-order valence-electron chi connectivity index (χ3n) is 6.52. The fraction of sp³-hybridized carbons (Fsp3) is 0.400. The van der Waals surface area contributed by atoms with Crippen LogP contribution in [0.1, 0.15) is 65.6 Å². The minimum Gasteiger partial charge on any atom is -0.347 e. The van der Waals surface area contributed by atoms with Gasteiger partial charge in [0.2, 0.25) is 0 Å². The molecule has 0 radical (unpaired) electrons. The van der Waals surface area contributed by atoms with E-state index in [-0.39, 0.29) is 18.9 Å². The highest BCUT2D eigenvalue weighted by molar-refractivity contribution is 6.03.